The largest absolute Gasteiger partial charge is 0.335 e. The van der Waals surface area contributed by atoms with Crippen LogP contribution in [0.25, 0.3) is 0 Å². The van der Waals surface area contributed by atoms with Gasteiger partial charge in [0, 0.05) is 12.1 Å². The molecule has 28 heavy (non-hydrogen) atoms. The Morgan fingerprint density at radius 1 is 1.00 bits per heavy atom. The predicted molar refractivity (Wildman–Crippen MR) is 96.6 cm³/mol. The van der Waals surface area contributed by atoms with Gasteiger partial charge in [-0.2, -0.15) is 0 Å². The summed E-state index contributed by atoms with van der Waals surface area (Å²) in [6.45, 7) is 2.63. The van der Waals surface area contributed by atoms with Crippen molar-refractivity contribution in [2.75, 3.05) is 13.1 Å². The number of hydrogen-bond donors (Lipinski definition) is 2. The minimum absolute atomic E-state index is 0.117. The smallest absolute Gasteiger partial charge is 0.332 e. The van der Waals surface area contributed by atoms with E-state index in [1.165, 1.54) is 25.3 Å². The molecular formula is C19H24N4O5. The average Bonchev–Trinajstić information content (AvgIpc) is 2.78. The van der Waals surface area contributed by atoms with Crippen LogP contribution in [0.15, 0.2) is 12.7 Å². The summed E-state index contributed by atoms with van der Waals surface area (Å²) in [5.41, 5.74) is -0.255. The third-order valence-electron chi connectivity index (χ3n) is 6.42. The summed E-state index contributed by atoms with van der Waals surface area (Å²) >= 11 is 0. The molecule has 0 spiro atoms. The molecule has 0 radical (unpaired) electrons. The van der Waals surface area contributed by atoms with Crippen molar-refractivity contribution in [1.29, 1.82) is 0 Å². The van der Waals surface area contributed by atoms with E-state index in [1.54, 1.807) is 0 Å². The predicted octanol–water partition coefficient (Wildman–Crippen LogP) is 0.758. The molecule has 1 aliphatic heterocycles. The summed E-state index contributed by atoms with van der Waals surface area (Å²) < 4.78 is 0. The summed E-state index contributed by atoms with van der Waals surface area (Å²) in [4.78, 5) is 61.6. The Morgan fingerprint density at radius 3 is 2.07 bits per heavy atom. The second-order valence-corrected chi connectivity index (χ2v) is 8.58. The number of hydrogen-bond acceptors (Lipinski definition) is 5. The van der Waals surface area contributed by atoms with Crippen LogP contribution in [0.5, 0.6) is 0 Å². The highest BCUT2D eigenvalue weighted by Crippen LogP contribution is 2.55. The first kappa shape index (κ1) is 18.6. The van der Waals surface area contributed by atoms with Crippen molar-refractivity contribution >= 4 is 29.8 Å². The minimum Gasteiger partial charge on any atom is -0.332 e. The van der Waals surface area contributed by atoms with Crippen LogP contribution in [0.4, 0.5) is 9.59 Å². The van der Waals surface area contributed by atoms with Crippen LogP contribution >= 0.6 is 0 Å². The molecule has 5 rings (SSSR count). The fourth-order valence-electron chi connectivity index (χ4n) is 5.83. The SMILES string of the molecule is C=CCN1C(=O)C(=O)N(CC(=O)NC(=O)NC23CC4CC(CC(C4)C2)C3)C1=O. The quantitative estimate of drug-likeness (QED) is 0.410. The standard InChI is InChI=1S/C19H24N4O5/c1-2-3-22-15(25)16(26)23(18(22)28)10-14(24)20-17(27)21-19-7-11-4-12(8-19)6-13(5-11)9-19/h2,11-13H,1,3-10H2,(H2,20,21,24,27). The van der Waals surface area contributed by atoms with E-state index in [0.717, 1.165) is 19.3 Å². The van der Waals surface area contributed by atoms with Gasteiger partial charge < -0.3 is 5.32 Å². The van der Waals surface area contributed by atoms with Crippen LogP contribution in [0.2, 0.25) is 0 Å². The average molecular weight is 388 g/mol. The van der Waals surface area contributed by atoms with Gasteiger partial charge in [-0.1, -0.05) is 6.08 Å². The number of carbonyl (C=O) groups excluding carboxylic acids is 5. The molecule has 9 nitrogen and oxygen atoms in total. The zero-order valence-corrected chi connectivity index (χ0v) is 15.6. The van der Waals surface area contributed by atoms with E-state index in [-0.39, 0.29) is 12.1 Å². The van der Waals surface area contributed by atoms with Crippen molar-refractivity contribution < 1.29 is 24.0 Å². The highest BCUT2D eigenvalue weighted by atomic mass is 16.2. The third kappa shape index (κ3) is 3.18. The molecule has 0 aromatic rings. The van der Waals surface area contributed by atoms with Gasteiger partial charge in [0.05, 0.1) is 0 Å². The van der Waals surface area contributed by atoms with E-state index in [2.05, 4.69) is 17.2 Å². The first-order chi connectivity index (χ1) is 13.3. The number of rotatable bonds is 5. The van der Waals surface area contributed by atoms with E-state index < -0.39 is 36.3 Å². The lowest BCUT2D eigenvalue weighted by Crippen LogP contribution is -2.62. The molecule has 150 valence electrons. The summed E-state index contributed by atoms with van der Waals surface area (Å²) in [6, 6.07) is -1.49. The van der Waals surface area contributed by atoms with E-state index in [4.69, 9.17) is 0 Å². The van der Waals surface area contributed by atoms with Gasteiger partial charge in [-0.25, -0.2) is 14.5 Å². The normalized spacial score (nSPS) is 33.4. The maximum Gasteiger partial charge on any atom is 0.335 e. The lowest BCUT2D eigenvalue weighted by molar-refractivity contribution is -0.143. The van der Waals surface area contributed by atoms with Crippen LogP contribution in [0, 0.1) is 17.8 Å². The molecule has 4 saturated carbocycles. The molecule has 2 N–H and O–H groups in total. The van der Waals surface area contributed by atoms with Crippen molar-refractivity contribution in [1.82, 2.24) is 20.4 Å². The first-order valence-corrected chi connectivity index (χ1v) is 9.70. The Labute approximate surface area is 162 Å². The molecule has 0 aromatic carbocycles. The molecule has 4 bridgehead atoms. The van der Waals surface area contributed by atoms with E-state index in [0.29, 0.717) is 27.6 Å². The Hall–Kier alpha value is -2.71. The molecule has 4 aliphatic carbocycles. The van der Waals surface area contributed by atoms with Gasteiger partial charge in [0.1, 0.15) is 6.54 Å². The van der Waals surface area contributed by atoms with Gasteiger partial charge >= 0.3 is 23.9 Å². The van der Waals surface area contributed by atoms with Gasteiger partial charge in [0.25, 0.3) is 0 Å². The number of urea groups is 2. The monoisotopic (exact) mass is 388 g/mol. The molecular weight excluding hydrogens is 364 g/mol. The summed E-state index contributed by atoms with van der Waals surface area (Å²) in [7, 11) is 0. The van der Waals surface area contributed by atoms with Gasteiger partial charge in [-0.15, -0.1) is 6.58 Å². The number of nitrogens with zero attached hydrogens (tertiary/aromatic N) is 2. The first-order valence-electron chi connectivity index (χ1n) is 9.70. The highest BCUT2D eigenvalue weighted by Gasteiger charge is 2.51. The molecule has 9 heteroatoms. The molecule has 0 unspecified atom stereocenters. The molecule has 0 atom stereocenters. The second-order valence-electron chi connectivity index (χ2n) is 8.58. The van der Waals surface area contributed by atoms with Crippen LogP contribution in [-0.2, 0) is 14.4 Å². The van der Waals surface area contributed by atoms with Crippen molar-refractivity contribution in [3.05, 3.63) is 12.7 Å². The molecule has 1 heterocycles. The van der Waals surface area contributed by atoms with Crippen molar-refractivity contribution in [3.8, 4) is 0 Å². The summed E-state index contributed by atoms with van der Waals surface area (Å²) in [5.74, 6) is -0.965. The molecule has 5 fully saturated rings. The number of amides is 7. The zero-order valence-electron chi connectivity index (χ0n) is 15.6. The third-order valence-corrected chi connectivity index (χ3v) is 6.42. The van der Waals surface area contributed by atoms with Gasteiger partial charge in [0.15, 0.2) is 0 Å². The summed E-state index contributed by atoms with van der Waals surface area (Å²) in [6.07, 6.45) is 7.82. The Kier molecular flexibility index (Phi) is 4.47. The Morgan fingerprint density at radius 2 is 1.54 bits per heavy atom. The Bertz CT molecular complexity index is 741. The van der Waals surface area contributed by atoms with E-state index in [1.807, 2.05) is 0 Å². The topological polar surface area (TPSA) is 116 Å². The molecule has 1 saturated heterocycles. The van der Waals surface area contributed by atoms with Gasteiger partial charge in [-0.05, 0) is 56.3 Å². The fraction of sp³-hybridized carbons (Fsp3) is 0.632. The number of imide groups is 3. The van der Waals surface area contributed by atoms with Crippen LogP contribution in [0.3, 0.4) is 0 Å². The maximum absolute atomic E-state index is 12.4. The molecule has 0 aromatic heterocycles. The molecule has 5 aliphatic rings. The van der Waals surface area contributed by atoms with Crippen molar-refractivity contribution in [3.63, 3.8) is 0 Å². The van der Waals surface area contributed by atoms with Gasteiger partial charge in [0.2, 0.25) is 5.91 Å². The van der Waals surface area contributed by atoms with Gasteiger partial charge in [-0.3, -0.25) is 24.6 Å². The maximum atomic E-state index is 12.4. The van der Waals surface area contributed by atoms with E-state index >= 15 is 0 Å². The zero-order chi connectivity index (χ0) is 20.1. The molecule has 7 amide bonds. The summed E-state index contributed by atoms with van der Waals surface area (Å²) in [5, 5.41) is 5.19. The lowest BCUT2D eigenvalue weighted by atomic mass is 9.53. The Balaban J connectivity index is 1.33. The minimum atomic E-state index is -1.08. The number of nitrogens with one attached hydrogen (secondary N) is 2. The second kappa shape index (κ2) is 6.72. The highest BCUT2D eigenvalue weighted by molar-refractivity contribution is 6.45. The van der Waals surface area contributed by atoms with Crippen LogP contribution in [-0.4, -0.2) is 58.2 Å². The fourth-order valence-corrected chi connectivity index (χ4v) is 5.83. The van der Waals surface area contributed by atoms with Crippen LogP contribution in [0.1, 0.15) is 38.5 Å². The van der Waals surface area contributed by atoms with Crippen LogP contribution < -0.4 is 10.6 Å². The van der Waals surface area contributed by atoms with Crippen molar-refractivity contribution in [2.45, 2.75) is 44.1 Å². The lowest BCUT2D eigenvalue weighted by Gasteiger charge is -2.56. The van der Waals surface area contributed by atoms with E-state index in [9.17, 15) is 24.0 Å². The number of carbonyl (C=O) groups is 5. The van der Waals surface area contributed by atoms with Crippen molar-refractivity contribution in [2.24, 2.45) is 17.8 Å².